The summed E-state index contributed by atoms with van der Waals surface area (Å²) in [5.41, 5.74) is 5.58. The van der Waals surface area contributed by atoms with Crippen molar-refractivity contribution in [3.05, 3.63) is 99.9 Å². The molecule has 1 aliphatic heterocycles. The van der Waals surface area contributed by atoms with Crippen molar-refractivity contribution in [2.75, 3.05) is 4.90 Å². The van der Waals surface area contributed by atoms with E-state index in [0.29, 0.717) is 16.8 Å². The van der Waals surface area contributed by atoms with Gasteiger partial charge in [-0.25, -0.2) is 0 Å². The first-order valence-electron chi connectivity index (χ1n) is 11.4. The summed E-state index contributed by atoms with van der Waals surface area (Å²) in [5.74, 6) is -1.53. The number of aliphatic hydroxyl groups is 1. The molecule has 5 heteroatoms. The Labute approximate surface area is 200 Å². The minimum Gasteiger partial charge on any atom is -0.507 e. The molecule has 0 bridgehead atoms. The van der Waals surface area contributed by atoms with E-state index in [-0.39, 0.29) is 16.7 Å². The average molecular weight is 455 g/mol. The number of nitrogens with zero attached hydrogens (tertiary/aromatic N) is 2. The van der Waals surface area contributed by atoms with Crippen LogP contribution in [0, 0.1) is 20.8 Å². The number of hydrogen-bond donors (Lipinski definition) is 1. The van der Waals surface area contributed by atoms with Gasteiger partial charge in [-0.05, 0) is 66.6 Å². The zero-order chi connectivity index (χ0) is 24.8. The van der Waals surface area contributed by atoms with Gasteiger partial charge < -0.3 is 5.11 Å². The van der Waals surface area contributed by atoms with Crippen molar-refractivity contribution in [3.8, 4) is 0 Å². The molecule has 0 saturated carbocycles. The summed E-state index contributed by atoms with van der Waals surface area (Å²) < 4.78 is 0. The summed E-state index contributed by atoms with van der Waals surface area (Å²) in [6, 6.07) is 14.4. The summed E-state index contributed by atoms with van der Waals surface area (Å²) in [6.45, 7) is 12.1. The fourth-order valence-corrected chi connectivity index (χ4v) is 4.50. The molecule has 1 aliphatic rings. The van der Waals surface area contributed by atoms with Crippen LogP contribution in [0.25, 0.3) is 5.76 Å². The van der Waals surface area contributed by atoms with Crippen LogP contribution < -0.4 is 4.90 Å². The highest BCUT2D eigenvalue weighted by atomic mass is 16.3. The molecular formula is C29H30N2O3. The topological polar surface area (TPSA) is 70.5 Å². The standard InChI is InChI=1S/C29H30N2O3/c1-17-9-12-23(19(3)14-17)31-25(20-8-7-13-30-16-20)24(27(33)28(31)34)26(32)22-15-21(29(4,5)6)11-10-18(22)2/h7-16,25,32H,1-6H3/b26-24+. The van der Waals surface area contributed by atoms with Crippen LogP contribution in [0.3, 0.4) is 0 Å². The van der Waals surface area contributed by atoms with Crippen molar-refractivity contribution in [1.82, 2.24) is 4.98 Å². The normalized spacial score (nSPS) is 17.9. The first-order valence-corrected chi connectivity index (χ1v) is 11.4. The number of pyridine rings is 1. The molecule has 0 aliphatic carbocycles. The molecule has 0 radical (unpaired) electrons. The Kier molecular flexibility index (Phi) is 5.90. The highest BCUT2D eigenvalue weighted by Gasteiger charge is 2.47. The highest BCUT2D eigenvalue weighted by Crippen LogP contribution is 2.43. The van der Waals surface area contributed by atoms with E-state index in [1.807, 2.05) is 63.2 Å². The van der Waals surface area contributed by atoms with Gasteiger partial charge >= 0.3 is 0 Å². The molecule has 0 spiro atoms. The van der Waals surface area contributed by atoms with Gasteiger partial charge in [-0.1, -0.05) is 56.7 Å². The first kappa shape index (κ1) is 23.4. The first-order chi connectivity index (χ1) is 16.0. The van der Waals surface area contributed by atoms with E-state index in [1.165, 1.54) is 4.90 Å². The van der Waals surface area contributed by atoms with E-state index in [4.69, 9.17) is 0 Å². The molecule has 1 fully saturated rings. The maximum Gasteiger partial charge on any atom is 0.300 e. The Hall–Kier alpha value is -3.73. The lowest BCUT2D eigenvalue weighted by Gasteiger charge is -2.27. The molecule has 1 N–H and O–H groups in total. The van der Waals surface area contributed by atoms with Crippen molar-refractivity contribution < 1.29 is 14.7 Å². The van der Waals surface area contributed by atoms with Gasteiger partial charge in [0.25, 0.3) is 11.7 Å². The monoisotopic (exact) mass is 454 g/mol. The Morgan fingerprint density at radius 1 is 0.971 bits per heavy atom. The smallest absolute Gasteiger partial charge is 0.300 e. The maximum atomic E-state index is 13.4. The van der Waals surface area contributed by atoms with Crippen molar-refractivity contribution in [3.63, 3.8) is 0 Å². The average Bonchev–Trinajstić information content (AvgIpc) is 3.04. The number of benzene rings is 2. The van der Waals surface area contributed by atoms with Crippen molar-refractivity contribution in [2.24, 2.45) is 0 Å². The zero-order valence-electron chi connectivity index (χ0n) is 20.5. The van der Waals surface area contributed by atoms with Crippen LogP contribution in [0.5, 0.6) is 0 Å². The van der Waals surface area contributed by atoms with Crippen molar-refractivity contribution >= 4 is 23.1 Å². The zero-order valence-corrected chi connectivity index (χ0v) is 20.5. The molecular weight excluding hydrogens is 424 g/mol. The number of anilines is 1. The molecule has 34 heavy (non-hydrogen) atoms. The lowest BCUT2D eigenvalue weighted by molar-refractivity contribution is -0.132. The summed E-state index contributed by atoms with van der Waals surface area (Å²) in [7, 11) is 0. The summed E-state index contributed by atoms with van der Waals surface area (Å²) in [5, 5.41) is 11.5. The second kappa shape index (κ2) is 8.56. The molecule has 1 amide bonds. The molecule has 1 saturated heterocycles. The quantitative estimate of drug-likeness (QED) is 0.302. The molecule has 1 atom stereocenters. The van der Waals surface area contributed by atoms with Gasteiger partial charge in [0.05, 0.1) is 11.6 Å². The molecule has 1 aromatic heterocycles. The van der Waals surface area contributed by atoms with E-state index in [1.54, 1.807) is 18.5 Å². The van der Waals surface area contributed by atoms with Gasteiger partial charge in [-0.2, -0.15) is 0 Å². The number of amides is 1. The van der Waals surface area contributed by atoms with E-state index in [9.17, 15) is 14.7 Å². The Morgan fingerprint density at radius 2 is 1.71 bits per heavy atom. The lowest BCUT2D eigenvalue weighted by Crippen LogP contribution is -2.30. The van der Waals surface area contributed by atoms with Gasteiger partial charge in [0, 0.05) is 23.6 Å². The van der Waals surface area contributed by atoms with Gasteiger partial charge in [0.1, 0.15) is 5.76 Å². The molecule has 174 valence electrons. The van der Waals surface area contributed by atoms with Gasteiger partial charge in [0.15, 0.2) is 0 Å². The van der Waals surface area contributed by atoms with E-state index in [0.717, 1.165) is 22.3 Å². The predicted octanol–water partition coefficient (Wildman–Crippen LogP) is 5.93. The number of aliphatic hydroxyl groups excluding tert-OH is 1. The summed E-state index contributed by atoms with van der Waals surface area (Å²) >= 11 is 0. The molecule has 2 heterocycles. The molecule has 4 rings (SSSR count). The van der Waals surface area contributed by atoms with Crippen molar-refractivity contribution in [2.45, 2.75) is 53.0 Å². The van der Waals surface area contributed by atoms with Crippen LogP contribution in [0.4, 0.5) is 5.69 Å². The molecule has 2 aromatic carbocycles. The number of ketones is 1. The second-order valence-corrected chi connectivity index (χ2v) is 10.0. The molecule has 1 unspecified atom stereocenters. The lowest BCUT2D eigenvalue weighted by atomic mass is 9.84. The third-order valence-corrected chi connectivity index (χ3v) is 6.42. The minimum atomic E-state index is -0.784. The number of rotatable bonds is 3. The maximum absolute atomic E-state index is 13.4. The van der Waals surface area contributed by atoms with Gasteiger partial charge in [-0.15, -0.1) is 0 Å². The Bertz CT molecular complexity index is 1320. The number of Topliss-reactive ketones (excluding diaryl/α,β-unsaturated/α-hetero) is 1. The van der Waals surface area contributed by atoms with Crippen LogP contribution in [0.2, 0.25) is 0 Å². The number of hydrogen-bond acceptors (Lipinski definition) is 4. The number of aryl methyl sites for hydroxylation is 3. The summed E-state index contributed by atoms with van der Waals surface area (Å²) in [6.07, 6.45) is 3.28. The Morgan fingerprint density at radius 3 is 2.32 bits per heavy atom. The fourth-order valence-electron chi connectivity index (χ4n) is 4.50. The number of carbonyl (C=O) groups excluding carboxylic acids is 2. The van der Waals surface area contributed by atoms with Crippen LogP contribution in [0.15, 0.2) is 66.5 Å². The highest BCUT2D eigenvalue weighted by molar-refractivity contribution is 6.51. The van der Waals surface area contributed by atoms with Crippen LogP contribution in [-0.4, -0.2) is 21.8 Å². The van der Waals surface area contributed by atoms with Gasteiger partial charge in [0.2, 0.25) is 0 Å². The Balaban J connectivity index is 1.99. The third-order valence-electron chi connectivity index (χ3n) is 6.42. The van der Waals surface area contributed by atoms with Gasteiger partial charge in [-0.3, -0.25) is 19.5 Å². The fraction of sp³-hybridized carbons (Fsp3) is 0.276. The summed E-state index contributed by atoms with van der Waals surface area (Å²) in [4.78, 5) is 32.5. The second-order valence-electron chi connectivity index (χ2n) is 10.0. The van der Waals surface area contributed by atoms with Crippen LogP contribution in [-0.2, 0) is 15.0 Å². The van der Waals surface area contributed by atoms with Crippen molar-refractivity contribution in [1.29, 1.82) is 0 Å². The van der Waals surface area contributed by atoms with Crippen LogP contribution >= 0.6 is 0 Å². The molecule has 5 nitrogen and oxygen atoms in total. The van der Waals surface area contributed by atoms with E-state index < -0.39 is 17.7 Å². The third kappa shape index (κ3) is 4.03. The largest absolute Gasteiger partial charge is 0.507 e. The SMILES string of the molecule is Cc1ccc(N2C(=O)C(=O)/C(=C(/O)c3cc(C(C)(C)C)ccc3C)C2c2cccnc2)c(C)c1. The predicted molar refractivity (Wildman–Crippen MR) is 135 cm³/mol. The minimum absolute atomic E-state index is 0.0761. The number of carbonyl (C=O) groups is 2. The van der Waals surface area contributed by atoms with Crippen LogP contribution in [0.1, 0.15) is 60.2 Å². The number of aromatic nitrogens is 1. The molecule has 3 aromatic rings. The van der Waals surface area contributed by atoms with E-state index >= 15 is 0 Å². The van der Waals surface area contributed by atoms with E-state index in [2.05, 4.69) is 25.8 Å².